The van der Waals surface area contributed by atoms with Crippen LogP contribution in [0.2, 0.25) is 0 Å². The third-order valence-electron chi connectivity index (χ3n) is 6.82. The van der Waals surface area contributed by atoms with Gasteiger partial charge in [0.15, 0.2) is 0 Å². The quantitative estimate of drug-likeness (QED) is 0.489. The highest BCUT2D eigenvalue weighted by atomic mass is 32.2. The molecule has 0 spiro atoms. The molecule has 30 heavy (non-hydrogen) atoms. The van der Waals surface area contributed by atoms with Gasteiger partial charge in [0.25, 0.3) is 0 Å². The minimum Gasteiger partial charge on any atom is -0.493 e. The fraction of sp³-hybridized carbons (Fsp3) is 0.538. The van der Waals surface area contributed by atoms with Crippen LogP contribution in [0.3, 0.4) is 0 Å². The minimum absolute atomic E-state index is 0.0599. The van der Waals surface area contributed by atoms with E-state index >= 15 is 0 Å². The standard InChI is InChI=1S/C26H33FO2S/c1-18-6-13-26(27)24(14-18)20-9-7-19(8-10-20)16-29-23-5-3-4-22(15-23)25(17-30(2)28)21-11-12-21/h3-6,13-15,19-21,25H,7-12,16-17H2,1-2H3/t19?,20?,25-,30?/m0/s1. The summed E-state index contributed by atoms with van der Waals surface area (Å²) in [6.07, 6.45) is 8.51. The zero-order valence-electron chi connectivity index (χ0n) is 18.1. The lowest BCUT2D eigenvalue weighted by Gasteiger charge is -2.29. The molecule has 0 aliphatic heterocycles. The molecule has 2 aromatic carbocycles. The summed E-state index contributed by atoms with van der Waals surface area (Å²) in [6.45, 7) is 2.75. The van der Waals surface area contributed by atoms with Crippen LogP contribution in [0, 0.1) is 24.6 Å². The van der Waals surface area contributed by atoms with Crippen molar-refractivity contribution in [1.29, 1.82) is 0 Å². The van der Waals surface area contributed by atoms with E-state index in [1.165, 1.54) is 18.4 Å². The van der Waals surface area contributed by atoms with Crippen molar-refractivity contribution < 1.29 is 13.3 Å². The average molecular weight is 429 g/mol. The Balaban J connectivity index is 1.31. The number of ether oxygens (including phenoxy) is 1. The summed E-state index contributed by atoms with van der Waals surface area (Å²) < 4.78 is 32.2. The molecular formula is C26H33FO2S. The van der Waals surface area contributed by atoms with Gasteiger partial charge < -0.3 is 4.74 Å². The van der Waals surface area contributed by atoms with Crippen LogP contribution >= 0.6 is 0 Å². The molecule has 2 fully saturated rings. The Morgan fingerprint density at radius 1 is 1.07 bits per heavy atom. The smallest absolute Gasteiger partial charge is 0.126 e. The first-order valence-corrected chi connectivity index (χ1v) is 13.0. The highest BCUT2D eigenvalue weighted by molar-refractivity contribution is 7.84. The molecule has 1 unspecified atom stereocenters. The second-order valence-corrected chi connectivity index (χ2v) is 10.8. The molecule has 4 rings (SSSR count). The first-order valence-electron chi connectivity index (χ1n) is 11.3. The van der Waals surface area contributed by atoms with Gasteiger partial charge in [0.2, 0.25) is 0 Å². The molecule has 2 aromatic rings. The summed E-state index contributed by atoms with van der Waals surface area (Å²) >= 11 is 0. The zero-order valence-corrected chi connectivity index (χ0v) is 18.9. The highest BCUT2D eigenvalue weighted by Gasteiger charge is 2.33. The fourth-order valence-electron chi connectivity index (χ4n) is 4.92. The largest absolute Gasteiger partial charge is 0.493 e. The van der Waals surface area contributed by atoms with E-state index in [4.69, 9.17) is 4.74 Å². The van der Waals surface area contributed by atoms with Crippen LogP contribution in [0.4, 0.5) is 4.39 Å². The van der Waals surface area contributed by atoms with E-state index in [0.717, 1.165) is 54.9 Å². The summed E-state index contributed by atoms with van der Waals surface area (Å²) in [5.74, 6) is 3.54. The number of rotatable bonds is 8. The molecule has 162 valence electrons. The van der Waals surface area contributed by atoms with Gasteiger partial charge in [-0.25, -0.2) is 4.39 Å². The first kappa shape index (κ1) is 21.5. The van der Waals surface area contributed by atoms with E-state index in [-0.39, 0.29) is 5.82 Å². The molecule has 0 bridgehead atoms. The van der Waals surface area contributed by atoms with E-state index in [9.17, 15) is 8.60 Å². The number of hydrogen-bond acceptors (Lipinski definition) is 2. The van der Waals surface area contributed by atoms with Crippen LogP contribution in [0.5, 0.6) is 5.75 Å². The number of aryl methyl sites for hydroxylation is 1. The predicted molar refractivity (Wildman–Crippen MR) is 122 cm³/mol. The van der Waals surface area contributed by atoms with Crippen LogP contribution < -0.4 is 4.74 Å². The molecule has 0 radical (unpaired) electrons. The molecule has 0 N–H and O–H groups in total. The van der Waals surface area contributed by atoms with Crippen molar-refractivity contribution in [3.05, 3.63) is 65.0 Å². The van der Waals surface area contributed by atoms with Crippen molar-refractivity contribution in [2.24, 2.45) is 11.8 Å². The minimum atomic E-state index is -0.781. The molecule has 2 aliphatic carbocycles. The van der Waals surface area contributed by atoms with Gasteiger partial charge in [-0.15, -0.1) is 0 Å². The molecule has 4 heteroatoms. The monoisotopic (exact) mass is 428 g/mol. The summed E-state index contributed by atoms with van der Waals surface area (Å²) in [6, 6.07) is 13.9. The van der Waals surface area contributed by atoms with E-state index < -0.39 is 10.8 Å². The van der Waals surface area contributed by atoms with E-state index in [2.05, 4.69) is 18.2 Å². The third-order valence-corrected chi connectivity index (χ3v) is 7.64. The summed E-state index contributed by atoms with van der Waals surface area (Å²) in [5, 5.41) is 0. The molecule has 0 amide bonds. The van der Waals surface area contributed by atoms with Crippen LogP contribution in [0.1, 0.15) is 67.1 Å². The second kappa shape index (κ2) is 9.64. The van der Waals surface area contributed by atoms with Gasteiger partial charge in [0, 0.05) is 22.8 Å². The van der Waals surface area contributed by atoms with Crippen LogP contribution in [-0.2, 0) is 10.8 Å². The second-order valence-electron chi connectivity index (χ2n) is 9.31. The van der Waals surface area contributed by atoms with Crippen molar-refractivity contribution >= 4 is 10.8 Å². The average Bonchev–Trinajstić information content (AvgIpc) is 3.58. The van der Waals surface area contributed by atoms with Crippen LogP contribution in [0.15, 0.2) is 42.5 Å². The van der Waals surface area contributed by atoms with Gasteiger partial charge in [0.1, 0.15) is 11.6 Å². The Bertz CT molecular complexity index is 884. The van der Waals surface area contributed by atoms with Crippen molar-refractivity contribution in [2.45, 2.75) is 57.3 Å². The Hall–Kier alpha value is -1.68. The molecule has 2 atom stereocenters. The van der Waals surface area contributed by atoms with Gasteiger partial charge in [0.05, 0.1) is 6.61 Å². The maximum Gasteiger partial charge on any atom is 0.126 e. The van der Waals surface area contributed by atoms with Crippen molar-refractivity contribution in [1.82, 2.24) is 0 Å². The lowest BCUT2D eigenvalue weighted by Crippen LogP contribution is -2.20. The Morgan fingerprint density at radius 2 is 1.83 bits per heavy atom. The van der Waals surface area contributed by atoms with E-state index in [1.54, 1.807) is 12.3 Å². The highest BCUT2D eigenvalue weighted by Crippen LogP contribution is 2.43. The summed E-state index contributed by atoms with van der Waals surface area (Å²) in [7, 11) is -0.781. The van der Waals surface area contributed by atoms with Crippen molar-refractivity contribution in [3.63, 3.8) is 0 Å². The van der Waals surface area contributed by atoms with Gasteiger partial charge in [-0.05, 0) is 98.4 Å². The Kier molecular flexibility index (Phi) is 6.92. The summed E-state index contributed by atoms with van der Waals surface area (Å²) in [5.41, 5.74) is 3.29. The topological polar surface area (TPSA) is 26.3 Å². The lowest BCUT2D eigenvalue weighted by atomic mass is 9.78. The molecular weight excluding hydrogens is 395 g/mol. The maximum absolute atomic E-state index is 14.2. The number of hydrogen-bond donors (Lipinski definition) is 0. The Morgan fingerprint density at radius 3 is 2.53 bits per heavy atom. The maximum atomic E-state index is 14.2. The van der Waals surface area contributed by atoms with E-state index in [0.29, 0.717) is 23.7 Å². The fourth-order valence-corrected chi connectivity index (χ4v) is 5.89. The van der Waals surface area contributed by atoms with Crippen LogP contribution in [0.25, 0.3) is 0 Å². The van der Waals surface area contributed by atoms with E-state index in [1.807, 2.05) is 25.1 Å². The molecule has 2 nitrogen and oxygen atoms in total. The van der Waals surface area contributed by atoms with Crippen molar-refractivity contribution in [2.75, 3.05) is 18.6 Å². The molecule has 2 aliphatic rings. The van der Waals surface area contributed by atoms with Gasteiger partial charge in [-0.2, -0.15) is 0 Å². The molecule has 2 saturated carbocycles. The first-order chi connectivity index (χ1) is 14.5. The summed E-state index contributed by atoms with van der Waals surface area (Å²) in [4.78, 5) is 0. The number of benzene rings is 2. The molecule has 0 aromatic heterocycles. The number of halogens is 1. The predicted octanol–water partition coefficient (Wildman–Crippen LogP) is 6.36. The molecule has 0 saturated heterocycles. The third kappa shape index (κ3) is 5.51. The van der Waals surface area contributed by atoms with Gasteiger partial charge >= 0.3 is 0 Å². The van der Waals surface area contributed by atoms with Gasteiger partial charge in [-0.3, -0.25) is 4.21 Å². The lowest BCUT2D eigenvalue weighted by molar-refractivity contribution is 0.199. The Labute approximate surface area is 182 Å². The SMILES string of the molecule is Cc1ccc(F)c(C2CCC(COc3cccc([C@@H](CS(C)=O)C4CC4)c3)CC2)c1. The zero-order chi connectivity index (χ0) is 21.1. The van der Waals surface area contributed by atoms with Gasteiger partial charge in [-0.1, -0.05) is 29.8 Å². The normalized spacial score (nSPS) is 23.7. The van der Waals surface area contributed by atoms with Crippen LogP contribution in [-0.4, -0.2) is 22.8 Å². The van der Waals surface area contributed by atoms with Crippen molar-refractivity contribution in [3.8, 4) is 5.75 Å². The molecule has 0 heterocycles.